The van der Waals surface area contributed by atoms with Crippen molar-refractivity contribution in [2.45, 2.75) is 43.7 Å². The second kappa shape index (κ2) is 4.89. The first kappa shape index (κ1) is 13.1. The minimum atomic E-state index is -0.430. The van der Waals surface area contributed by atoms with E-state index in [1.165, 1.54) is 12.1 Å². The Hall–Kier alpha value is -1.91. The molecule has 4 nitrogen and oxygen atoms in total. The van der Waals surface area contributed by atoms with Crippen molar-refractivity contribution in [3.63, 3.8) is 0 Å². The quantitative estimate of drug-likeness (QED) is 0.881. The molecule has 0 radical (unpaired) electrons. The van der Waals surface area contributed by atoms with Crippen LogP contribution in [0.3, 0.4) is 0 Å². The largest absolute Gasteiger partial charge is 0.345 e. The van der Waals surface area contributed by atoms with Gasteiger partial charge in [0.2, 0.25) is 11.8 Å². The highest BCUT2D eigenvalue weighted by Gasteiger charge is 2.42. The zero-order valence-electron chi connectivity index (χ0n) is 11.1. The van der Waals surface area contributed by atoms with Gasteiger partial charge in [-0.05, 0) is 43.4 Å². The second-order valence-electron chi connectivity index (χ2n) is 5.59. The van der Waals surface area contributed by atoms with Crippen LogP contribution in [0.4, 0.5) is 4.39 Å². The molecule has 1 heterocycles. The summed E-state index contributed by atoms with van der Waals surface area (Å²) in [6.07, 6.45) is 3.69. The lowest BCUT2D eigenvalue weighted by Crippen LogP contribution is -2.55. The van der Waals surface area contributed by atoms with E-state index in [-0.39, 0.29) is 17.6 Å². The van der Waals surface area contributed by atoms with E-state index in [2.05, 4.69) is 10.6 Å². The van der Waals surface area contributed by atoms with E-state index in [1.54, 1.807) is 12.1 Å². The molecule has 1 saturated carbocycles. The Labute approximate surface area is 116 Å². The fourth-order valence-corrected chi connectivity index (χ4v) is 2.92. The average Bonchev–Trinajstić information content (AvgIpc) is 2.82. The van der Waals surface area contributed by atoms with Crippen LogP contribution < -0.4 is 10.6 Å². The van der Waals surface area contributed by atoms with Gasteiger partial charge in [-0.2, -0.15) is 0 Å². The summed E-state index contributed by atoms with van der Waals surface area (Å²) in [7, 11) is 0. The van der Waals surface area contributed by atoms with Crippen LogP contribution >= 0.6 is 0 Å². The molecule has 1 aliphatic heterocycles. The molecule has 0 bridgehead atoms. The molecule has 2 aliphatic rings. The molecule has 1 unspecified atom stereocenters. The minimum Gasteiger partial charge on any atom is -0.345 e. The third kappa shape index (κ3) is 2.28. The first-order valence-corrected chi connectivity index (χ1v) is 6.96. The first-order valence-electron chi connectivity index (χ1n) is 6.96. The number of amides is 2. The predicted molar refractivity (Wildman–Crippen MR) is 71.2 cm³/mol. The summed E-state index contributed by atoms with van der Waals surface area (Å²) in [6, 6.07) is 5.85. The number of halogens is 1. The molecular formula is C15H17FN2O2. The van der Waals surface area contributed by atoms with Crippen molar-refractivity contribution < 1.29 is 14.0 Å². The van der Waals surface area contributed by atoms with Gasteiger partial charge in [-0.15, -0.1) is 0 Å². The Balaban J connectivity index is 1.74. The van der Waals surface area contributed by atoms with E-state index in [4.69, 9.17) is 0 Å². The first-order chi connectivity index (χ1) is 9.59. The Bertz CT molecular complexity index is 537. The topological polar surface area (TPSA) is 58.2 Å². The van der Waals surface area contributed by atoms with Crippen molar-refractivity contribution >= 4 is 11.8 Å². The Kier molecular flexibility index (Phi) is 3.20. The van der Waals surface area contributed by atoms with Crippen LogP contribution in [0.2, 0.25) is 0 Å². The average molecular weight is 276 g/mol. The van der Waals surface area contributed by atoms with Gasteiger partial charge in [0.1, 0.15) is 11.9 Å². The third-order valence-corrected chi connectivity index (χ3v) is 4.28. The van der Waals surface area contributed by atoms with Crippen LogP contribution in [-0.4, -0.2) is 17.9 Å². The number of hydrogen-bond acceptors (Lipinski definition) is 2. The molecule has 2 N–H and O–H groups in total. The van der Waals surface area contributed by atoms with Gasteiger partial charge in [0.25, 0.3) is 0 Å². The summed E-state index contributed by atoms with van der Waals surface area (Å²) in [4.78, 5) is 23.4. The molecule has 20 heavy (non-hydrogen) atoms. The fourth-order valence-electron chi connectivity index (χ4n) is 2.92. The smallest absolute Gasteiger partial charge is 0.243 e. The van der Waals surface area contributed by atoms with Gasteiger partial charge in [0.15, 0.2) is 0 Å². The summed E-state index contributed by atoms with van der Waals surface area (Å²) < 4.78 is 13.0. The van der Waals surface area contributed by atoms with Gasteiger partial charge >= 0.3 is 0 Å². The van der Waals surface area contributed by atoms with E-state index >= 15 is 0 Å². The molecule has 5 heteroatoms. The third-order valence-electron chi connectivity index (χ3n) is 4.28. The molecule has 2 fully saturated rings. The van der Waals surface area contributed by atoms with Crippen LogP contribution in [0.5, 0.6) is 0 Å². The number of carbonyl (C=O) groups is 2. The maximum absolute atomic E-state index is 13.0. The van der Waals surface area contributed by atoms with E-state index in [1.807, 2.05) is 0 Å². The molecule has 106 valence electrons. The molecule has 1 aliphatic carbocycles. The summed E-state index contributed by atoms with van der Waals surface area (Å²) in [5.41, 5.74) is 0.542. The van der Waals surface area contributed by atoms with Crippen molar-refractivity contribution in [1.29, 1.82) is 0 Å². The van der Waals surface area contributed by atoms with E-state index < -0.39 is 11.6 Å². The fraction of sp³-hybridized carbons (Fsp3) is 0.467. The molecule has 0 spiro atoms. The van der Waals surface area contributed by atoms with Crippen LogP contribution in [0, 0.1) is 5.82 Å². The van der Waals surface area contributed by atoms with Crippen molar-refractivity contribution in [3.05, 3.63) is 35.6 Å². The van der Waals surface area contributed by atoms with Crippen molar-refractivity contribution in [2.75, 3.05) is 0 Å². The van der Waals surface area contributed by atoms with Crippen LogP contribution in [0.15, 0.2) is 24.3 Å². The lowest BCUT2D eigenvalue weighted by Gasteiger charge is -2.43. The van der Waals surface area contributed by atoms with Crippen molar-refractivity contribution in [3.8, 4) is 0 Å². The van der Waals surface area contributed by atoms with Gasteiger partial charge in [0, 0.05) is 6.42 Å². The van der Waals surface area contributed by atoms with Gasteiger partial charge < -0.3 is 10.6 Å². The van der Waals surface area contributed by atoms with Crippen molar-refractivity contribution in [1.82, 2.24) is 10.6 Å². The molecule has 2 amide bonds. The van der Waals surface area contributed by atoms with Gasteiger partial charge in [-0.1, -0.05) is 12.1 Å². The monoisotopic (exact) mass is 276 g/mol. The van der Waals surface area contributed by atoms with Crippen LogP contribution in [0.25, 0.3) is 0 Å². The Morgan fingerprint density at radius 2 is 2.00 bits per heavy atom. The van der Waals surface area contributed by atoms with Crippen LogP contribution in [-0.2, 0) is 15.1 Å². The molecule has 1 aromatic rings. The highest BCUT2D eigenvalue weighted by Crippen LogP contribution is 2.41. The normalized spacial score (nSPS) is 23.9. The zero-order valence-corrected chi connectivity index (χ0v) is 11.1. The number of carbonyl (C=O) groups excluding carboxylic acids is 2. The Morgan fingerprint density at radius 1 is 1.30 bits per heavy atom. The molecular weight excluding hydrogens is 259 g/mol. The highest BCUT2D eigenvalue weighted by atomic mass is 19.1. The summed E-state index contributed by atoms with van der Waals surface area (Å²) in [5.74, 6) is -0.493. The van der Waals surface area contributed by atoms with Gasteiger partial charge in [-0.25, -0.2) is 4.39 Å². The van der Waals surface area contributed by atoms with E-state index in [0.29, 0.717) is 12.8 Å². The second-order valence-corrected chi connectivity index (χ2v) is 5.59. The number of hydrogen-bond donors (Lipinski definition) is 2. The van der Waals surface area contributed by atoms with E-state index in [0.717, 1.165) is 24.8 Å². The van der Waals surface area contributed by atoms with E-state index in [9.17, 15) is 14.0 Å². The standard InChI is InChI=1S/C15H17FN2O2/c16-11-4-2-10(3-5-11)15(8-1-9-15)18-14(20)12-6-7-13(19)17-12/h2-5,12H,1,6-9H2,(H,17,19)(H,18,20). The van der Waals surface area contributed by atoms with Gasteiger partial charge in [-0.3, -0.25) is 9.59 Å². The van der Waals surface area contributed by atoms with Crippen LogP contribution in [0.1, 0.15) is 37.7 Å². The molecule has 1 aromatic carbocycles. The molecule has 0 aromatic heterocycles. The maximum Gasteiger partial charge on any atom is 0.243 e. The maximum atomic E-state index is 13.0. The molecule has 1 atom stereocenters. The highest BCUT2D eigenvalue weighted by molar-refractivity contribution is 5.91. The molecule has 1 saturated heterocycles. The molecule has 3 rings (SSSR count). The number of benzene rings is 1. The van der Waals surface area contributed by atoms with Crippen molar-refractivity contribution in [2.24, 2.45) is 0 Å². The summed E-state index contributed by atoms with van der Waals surface area (Å²) in [6.45, 7) is 0. The minimum absolute atomic E-state index is 0.0745. The Morgan fingerprint density at radius 3 is 2.50 bits per heavy atom. The SMILES string of the molecule is O=C1CCC(C(=O)NC2(c3ccc(F)cc3)CCC2)N1. The lowest BCUT2D eigenvalue weighted by atomic mass is 9.71. The summed E-state index contributed by atoms with van der Waals surface area (Å²) in [5, 5.41) is 5.73. The number of rotatable bonds is 3. The van der Waals surface area contributed by atoms with Gasteiger partial charge in [0.05, 0.1) is 5.54 Å². The number of nitrogens with one attached hydrogen (secondary N) is 2. The lowest BCUT2D eigenvalue weighted by molar-refractivity contribution is -0.128. The predicted octanol–water partition coefficient (Wildman–Crippen LogP) is 1.60. The zero-order chi connectivity index (χ0) is 14.2. The summed E-state index contributed by atoms with van der Waals surface area (Å²) >= 11 is 0.